The Hall–Kier alpha value is -1.78. The minimum atomic E-state index is 0.0881. The van der Waals surface area contributed by atoms with Crippen LogP contribution in [0.5, 0.6) is 5.88 Å². The molecule has 0 saturated carbocycles. The van der Waals surface area contributed by atoms with Crippen molar-refractivity contribution in [3.8, 4) is 5.88 Å². The zero-order valence-corrected chi connectivity index (χ0v) is 9.06. The molecule has 80 valence electrons. The molecule has 0 aliphatic carbocycles. The second kappa shape index (κ2) is 3.76. The summed E-state index contributed by atoms with van der Waals surface area (Å²) in [5, 5.41) is 2.98. The normalized spacial score (nSPS) is 10.9. The number of hydrogen-bond acceptors (Lipinski definition) is 4. The van der Waals surface area contributed by atoms with Gasteiger partial charge in [-0.25, -0.2) is 4.98 Å². The minimum absolute atomic E-state index is 0.0881. The molecule has 0 unspecified atom stereocenters. The molecule has 0 amide bonds. The Morgan fingerprint density at radius 2 is 2.27 bits per heavy atom. The van der Waals surface area contributed by atoms with Gasteiger partial charge in [0.1, 0.15) is 5.82 Å². The van der Waals surface area contributed by atoms with E-state index >= 15 is 0 Å². The summed E-state index contributed by atoms with van der Waals surface area (Å²) in [6, 6.07) is 0. The molecule has 15 heavy (non-hydrogen) atoms. The van der Waals surface area contributed by atoms with E-state index in [0.29, 0.717) is 5.88 Å². The van der Waals surface area contributed by atoms with Crippen LogP contribution in [0.1, 0.15) is 13.8 Å². The molecule has 2 rings (SSSR count). The van der Waals surface area contributed by atoms with Crippen LogP contribution in [0.2, 0.25) is 0 Å². The quantitative estimate of drug-likeness (QED) is 0.828. The fourth-order valence-corrected chi connectivity index (χ4v) is 1.33. The first-order valence-corrected chi connectivity index (χ1v) is 4.89. The molecular formula is C10H14N4O. The van der Waals surface area contributed by atoms with Gasteiger partial charge in [-0.3, -0.25) is 4.40 Å². The van der Waals surface area contributed by atoms with E-state index in [-0.39, 0.29) is 6.10 Å². The Morgan fingerprint density at radius 3 is 2.93 bits per heavy atom. The topological polar surface area (TPSA) is 51.5 Å². The van der Waals surface area contributed by atoms with Crippen LogP contribution in [0.3, 0.4) is 0 Å². The predicted octanol–water partition coefficient (Wildman–Crippen LogP) is 1.56. The van der Waals surface area contributed by atoms with Crippen LogP contribution in [0.25, 0.3) is 5.65 Å². The summed E-state index contributed by atoms with van der Waals surface area (Å²) in [4.78, 5) is 8.51. The van der Waals surface area contributed by atoms with Crippen molar-refractivity contribution < 1.29 is 4.74 Å². The Balaban J connectivity index is 2.53. The van der Waals surface area contributed by atoms with Gasteiger partial charge in [0, 0.05) is 19.4 Å². The largest absolute Gasteiger partial charge is 0.472 e. The van der Waals surface area contributed by atoms with Gasteiger partial charge >= 0.3 is 0 Å². The van der Waals surface area contributed by atoms with Gasteiger partial charge in [0.05, 0.1) is 12.3 Å². The maximum Gasteiger partial charge on any atom is 0.260 e. The Bertz CT molecular complexity index is 463. The average molecular weight is 206 g/mol. The lowest BCUT2D eigenvalue weighted by molar-refractivity contribution is 0.235. The summed E-state index contributed by atoms with van der Waals surface area (Å²) in [5.74, 6) is 1.32. The van der Waals surface area contributed by atoms with E-state index in [1.165, 1.54) is 0 Å². The monoisotopic (exact) mass is 206 g/mol. The van der Waals surface area contributed by atoms with Crippen molar-refractivity contribution >= 4 is 11.5 Å². The summed E-state index contributed by atoms with van der Waals surface area (Å²) < 4.78 is 7.48. The highest BCUT2D eigenvalue weighted by atomic mass is 16.5. The Kier molecular flexibility index (Phi) is 2.45. The second-order valence-electron chi connectivity index (χ2n) is 3.51. The zero-order valence-electron chi connectivity index (χ0n) is 9.06. The number of nitrogens with zero attached hydrogens (tertiary/aromatic N) is 3. The van der Waals surface area contributed by atoms with Crippen molar-refractivity contribution in [1.29, 1.82) is 0 Å². The summed E-state index contributed by atoms with van der Waals surface area (Å²) in [5.41, 5.74) is 0.739. The molecule has 0 fully saturated rings. The molecule has 0 saturated heterocycles. The van der Waals surface area contributed by atoms with E-state index in [0.717, 1.165) is 11.5 Å². The predicted molar refractivity (Wildman–Crippen MR) is 58.3 cm³/mol. The maximum absolute atomic E-state index is 5.59. The molecule has 0 aliphatic heterocycles. The van der Waals surface area contributed by atoms with Crippen LogP contribution in [0.15, 0.2) is 18.6 Å². The maximum atomic E-state index is 5.59. The molecule has 0 spiro atoms. The lowest BCUT2D eigenvalue weighted by Crippen LogP contribution is -2.09. The Morgan fingerprint density at radius 1 is 1.47 bits per heavy atom. The first-order valence-electron chi connectivity index (χ1n) is 4.89. The lowest BCUT2D eigenvalue weighted by Gasteiger charge is -2.10. The van der Waals surface area contributed by atoms with Crippen LogP contribution < -0.4 is 10.1 Å². The number of imidazole rings is 1. The highest BCUT2D eigenvalue weighted by Crippen LogP contribution is 2.19. The standard InChI is InChI=1S/C10H14N4O/c1-7(2)15-10-9-12-4-5-14(9)6-8(11-3)13-10/h4-7,11H,1-3H3. The summed E-state index contributed by atoms with van der Waals surface area (Å²) in [6.45, 7) is 3.93. The van der Waals surface area contributed by atoms with E-state index in [1.807, 2.05) is 37.7 Å². The molecule has 2 aromatic rings. The van der Waals surface area contributed by atoms with Crippen molar-refractivity contribution in [2.24, 2.45) is 0 Å². The van der Waals surface area contributed by atoms with E-state index in [4.69, 9.17) is 4.74 Å². The van der Waals surface area contributed by atoms with Crippen LogP contribution in [-0.4, -0.2) is 27.5 Å². The van der Waals surface area contributed by atoms with Gasteiger partial charge in [0.15, 0.2) is 0 Å². The van der Waals surface area contributed by atoms with Crippen LogP contribution in [-0.2, 0) is 0 Å². The number of ether oxygens (including phenoxy) is 1. The molecule has 0 aromatic carbocycles. The molecular weight excluding hydrogens is 192 g/mol. The smallest absolute Gasteiger partial charge is 0.260 e. The third-order valence-electron chi connectivity index (χ3n) is 1.95. The van der Waals surface area contributed by atoms with Crippen molar-refractivity contribution in [3.05, 3.63) is 18.6 Å². The van der Waals surface area contributed by atoms with Gasteiger partial charge in [-0.15, -0.1) is 0 Å². The number of aromatic nitrogens is 3. The molecule has 1 N–H and O–H groups in total. The lowest BCUT2D eigenvalue weighted by atomic mass is 10.5. The highest BCUT2D eigenvalue weighted by Gasteiger charge is 2.09. The molecule has 2 heterocycles. The molecule has 0 radical (unpaired) electrons. The van der Waals surface area contributed by atoms with Crippen molar-refractivity contribution in [1.82, 2.24) is 14.4 Å². The number of fused-ring (bicyclic) bond motifs is 1. The molecule has 0 bridgehead atoms. The first kappa shape index (κ1) is 9.76. The molecule has 0 aliphatic rings. The fourth-order valence-electron chi connectivity index (χ4n) is 1.33. The van der Waals surface area contributed by atoms with Crippen LogP contribution >= 0.6 is 0 Å². The van der Waals surface area contributed by atoms with Crippen LogP contribution in [0, 0.1) is 0 Å². The van der Waals surface area contributed by atoms with E-state index in [9.17, 15) is 0 Å². The molecule has 2 aromatic heterocycles. The minimum Gasteiger partial charge on any atom is -0.472 e. The van der Waals surface area contributed by atoms with Gasteiger partial charge in [-0.1, -0.05) is 0 Å². The number of rotatable bonds is 3. The fraction of sp³-hybridized carbons (Fsp3) is 0.400. The third-order valence-corrected chi connectivity index (χ3v) is 1.95. The molecule has 5 heteroatoms. The van der Waals surface area contributed by atoms with Gasteiger partial charge in [0.25, 0.3) is 5.88 Å². The van der Waals surface area contributed by atoms with Gasteiger partial charge in [-0.05, 0) is 13.8 Å². The number of nitrogens with one attached hydrogen (secondary N) is 1. The van der Waals surface area contributed by atoms with Gasteiger partial charge in [0.2, 0.25) is 5.65 Å². The number of hydrogen-bond donors (Lipinski definition) is 1. The summed E-state index contributed by atoms with van der Waals surface area (Å²) in [7, 11) is 1.82. The molecule has 0 atom stereocenters. The van der Waals surface area contributed by atoms with Crippen molar-refractivity contribution in [2.75, 3.05) is 12.4 Å². The first-order chi connectivity index (χ1) is 7.20. The number of anilines is 1. The van der Waals surface area contributed by atoms with E-state index in [1.54, 1.807) is 6.20 Å². The van der Waals surface area contributed by atoms with Crippen molar-refractivity contribution in [3.63, 3.8) is 0 Å². The average Bonchev–Trinajstić information content (AvgIpc) is 2.64. The van der Waals surface area contributed by atoms with E-state index < -0.39 is 0 Å². The third kappa shape index (κ3) is 1.86. The zero-order chi connectivity index (χ0) is 10.8. The SMILES string of the molecule is CNc1cn2ccnc2c(OC(C)C)n1. The van der Waals surface area contributed by atoms with Crippen molar-refractivity contribution in [2.45, 2.75) is 20.0 Å². The van der Waals surface area contributed by atoms with Crippen LogP contribution in [0.4, 0.5) is 5.82 Å². The summed E-state index contributed by atoms with van der Waals surface area (Å²) >= 11 is 0. The highest BCUT2D eigenvalue weighted by molar-refractivity contribution is 5.53. The van der Waals surface area contributed by atoms with Gasteiger partial charge in [-0.2, -0.15) is 4.98 Å². The summed E-state index contributed by atoms with van der Waals surface area (Å²) in [6.07, 6.45) is 5.55. The Labute approximate surface area is 88.1 Å². The second-order valence-corrected chi connectivity index (χ2v) is 3.51. The van der Waals surface area contributed by atoms with E-state index in [2.05, 4.69) is 15.3 Å². The van der Waals surface area contributed by atoms with Gasteiger partial charge < -0.3 is 10.1 Å². The molecule has 5 nitrogen and oxygen atoms in total.